The van der Waals surface area contributed by atoms with Gasteiger partial charge in [0.05, 0.1) is 12.1 Å². The summed E-state index contributed by atoms with van der Waals surface area (Å²) in [6.07, 6.45) is 0.824. The standard InChI is InChI=1S/C31H46N4O4/c1-30(2,3)20-32-18-24(36)19-34-27(37)26(17-21-13-14-22-10-7-8-11-23(22)16-21)35(29(39)31(4,5)6)28(38)25-12-9-15-33-25/h7-8,10-11,13-14,16,24-26,32-33,36H,9,12,15,17-20H2,1-6H3,(H,34,37)/t24-,25+,26-/m1/s1. The van der Waals surface area contributed by atoms with Crippen molar-refractivity contribution in [2.45, 2.75) is 79.0 Å². The highest BCUT2D eigenvalue weighted by atomic mass is 16.3. The van der Waals surface area contributed by atoms with Crippen molar-refractivity contribution in [3.05, 3.63) is 48.0 Å². The second-order valence-corrected chi connectivity index (χ2v) is 12.9. The van der Waals surface area contributed by atoms with E-state index in [4.69, 9.17) is 0 Å². The van der Waals surface area contributed by atoms with Crippen molar-refractivity contribution in [1.82, 2.24) is 20.9 Å². The number of imide groups is 1. The van der Waals surface area contributed by atoms with Gasteiger partial charge in [0.15, 0.2) is 0 Å². The molecule has 0 aliphatic carbocycles. The molecule has 1 heterocycles. The van der Waals surface area contributed by atoms with E-state index < -0.39 is 35.4 Å². The van der Waals surface area contributed by atoms with Crippen molar-refractivity contribution in [2.75, 3.05) is 26.2 Å². The van der Waals surface area contributed by atoms with E-state index in [-0.39, 0.29) is 24.3 Å². The van der Waals surface area contributed by atoms with Crippen molar-refractivity contribution in [2.24, 2.45) is 10.8 Å². The molecule has 0 spiro atoms. The fourth-order valence-electron chi connectivity index (χ4n) is 4.73. The molecule has 3 atom stereocenters. The lowest BCUT2D eigenvalue weighted by molar-refractivity contribution is -0.157. The fraction of sp³-hybridized carbons (Fsp3) is 0.581. The zero-order valence-corrected chi connectivity index (χ0v) is 24.3. The largest absolute Gasteiger partial charge is 0.390 e. The summed E-state index contributed by atoms with van der Waals surface area (Å²) in [4.78, 5) is 42.4. The van der Waals surface area contributed by atoms with Crippen LogP contribution in [0.25, 0.3) is 10.8 Å². The lowest BCUT2D eigenvalue weighted by Crippen LogP contribution is -2.60. The Morgan fingerprint density at radius 2 is 1.72 bits per heavy atom. The van der Waals surface area contributed by atoms with Crippen molar-refractivity contribution < 1.29 is 19.5 Å². The van der Waals surface area contributed by atoms with Crippen molar-refractivity contribution in [3.63, 3.8) is 0 Å². The summed E-state index contributed by atoms with van der Waals surface area (Å²) in [5.41, 5.74) is 0.0447. The predicted molar refractivity (Wildman–Crippen MR) is 155 cm³/mol. The molecule has 4 N–H and O–H groups in total. The first-order valence-electron chi connectivity index (χ1n) is 14.0. The molecule has 39 heavy (non-hydrogen) atoms. The van der Waals surface area contributed by atoms with E-state index in [0.29, 0.717) is 19.5 Å². The lowest BCUT2D eigenvalue weighted by Gasteiger charge is -2.35. The number of nitrogens with one attached hydrogen (secondary N) is 3. The van der Waals surface area contributed by atoms with Gasteiger partial charge in [-0.25, -0.2) is 0 Å². The predicted octanol–water partition coefficient (Wildman–Crippen LogP) is 3.02. The number of benzene rings is 2. The second-order valence-electron chi connectivity index (χ2n) is 12.9. The highest BCUT2D eigenvalue weighted by Gasteiger charge is 2.42. The number of aliphatic hydroxyl groups is 1. The van der Waals surface area contributed by atoms with Crippen LogP contribution in [0, 0.1) is 10.8 Å². The van der Waals surface area contributed by atoms with Gasteiger partial charge in [-0.2, -0.15) is 0 Å². The van der Waals surface area contributed by atoms with Gasteiger partial charge < -0.3 is 21.1 Å². The molecule has 3 amide bonds. The van der Waals surface area contributed by atoms with Crippen LogP contribution in [0.15, 0.2) is 42.5 Å². The number of carbonyl (C=O) groups excluding carboxylic acids is 3. The maximum Gasteiger partial charge on any atom is 0.247 e. The monoisotopic (exact) mass is 538 g/mol. The van der Waals surface area contributed by atoms with Crippen LogP contribution >= 0.6 is 0 Å². The quantitative estimate of drug-likeness (QED) is 0.370. The first-order valence-corrected chi connectivity index (χ1v) is 14.0. The summed E-state index contributed by atoms with van der Waals surface area (Å²) >= 11 is 0. The summed E-state index contributed by atoms with van der Waals surface area (Å²) in [5.74, 6) is -1.22. The first kappa shape index (κ1) is 30.7. The lowest BCUT2D eigenvalue weighted by atomic mass is 9.91. The molecular weight excluding hydrogens is 492 g/mol. The first-order chi connectivity index (χ1) is 18.3. The Balaban J connectivity index is 1.88. The third-order valence-corrected chi connectivity index (χ3v) is 6.86. The van der Waals surface area contributed by atoms with Crippen molar-refractivity contribution >= 4 is 28.5 Å². The molecule has 0 unspecified atom stereocenters. The van der Waals surface area contributed by atoms with Gasteiger partial charge >= 0.3 is 0 Å². The average Bonchev–Trinajstić information content (AvgIpc) is 3.40. The fourth-order valence-corrected chi connectivity index (χ4v) is 4.73. The number of aliphatic hydroxyl groups excluding tert-OH is 1. The SMILES string of the molecule is CC(C)(C)CNC[C@@H](O)CNC(=O)[C@@H](Cc1ccc2ccccc2c1)N(C(=O)[C@@H]1CCCN1)C(=O)C(C)(C)C. The van der Waals surface area contributed by atoms with E-state index in [9.17, 15) is 19.5 Å². The third kappa shape index (κ3) is 8.85. The Morgan fingerprint density at radius 3 is 2.33 bits per heavy atom. The Hall–Kier alpha value is -2.81. The van der Waals surface area contributed by atoms with Crippen LogP contribution in [0.2, 0.25) is 0 Å². The molecule has 3 rings (SSSR count). The van der Waals surface area contributed by atoms with E-state index in [1.165, 1.54) is 4.90 Å². The van der Waals surface area contributed by atoms with Crippen LogP contribution in [0.1, 0.15) is 59.9 Å². The van der Waals surface area contributed by atoms with Crippen LogP contribution in [-0.4, -0.2) is 72.1 Å². The third-order valence-electron chi connectivity index (χ3n) is 6.86. The number of hydrogen-bond acceptors (Lipinski definition) is 6. The summed E-state index contributed by atoms with van der Waals surface area (Å²) in [6.45, 7) is 13.3. The Labute approximate surface area is 232 Å². The maximum absolute atomic E-state index is 13.8. The number of hydrogen-bond donors (Lipinski definition) is 4. The number of carbonyl (C=O) groups is 3. The number of amides is 3. The molecule has 0 radical (unpaired) electrons. The van der Waals surface area contributed by atoms with Crippen molar-refractivity contribution in [3.8, 4) is 0 Å². The molecule has 1 saturated heterocycles. The molecular formula is C31H46N4O4. The maximum atomic E-state index is 13.8. The van der Waals surface area contributed by atoms with E-state index in [1.54, 1.807) is 20.8 Å². The molecule has 2 aromatic carbocycles. The minimum atomic E-state index is -1.05. The minimum Gasteiger partial charge on any atom is -0.390 e. The topological polar surface area (TPSA) is 111 Å². The van der Waals surface area contributed by atoms with Crippen molar-refractivity contribution in [1.29, 1.82) is 0 Å². The molecule has 8 heteroatoms. The summed E-state index contributed by atoms with van der Waals surface area (Å²) in [6, 6.07) is 12.3. The zero-order chi connectivity index (χ0) is 28.8. The average molecular weight is 539 g/mol. The molecule has 214 valence electrons. The van der Waals surface area contributed by atoms with Gasteiger partial charge in [0.2, 0.25) is 17.7 Å². The minimum absolute atomic E-state index is 0.0115. The zero-order valence-electron chi connectivity index (χ0n) is 24.3. The van der Waals surface area contributed by atoms with Crippen LogP contribution in [0.4, 0.5) is 0 Å². The van der Waals surface area contributed by atoms with Crippen LogP contribution < -0.4 is 16.0 Å². The van der Waals surface area contributed by atoms with E-state index >= 15 is 0 Å². The normalized spacial score (nSPS) is 17.6. The van der Waals surface area contributed by atoms with Gasteiger partial charge in [-0.3, -0.25) is 19.3 Å². The van der Waals surface area contributed by atoms with Gasteiger partial charge in [0.1, 0.15) is 6.04 Å². The highest BCUT2D eigenvalue weighted by Crippen LogP contribution is 2.25. The Kier molecular flexibility index (Phi) is 10.3. The molecule has 8 nitrogen and oxygen atoms in total. The second kappa shape index (κ2) is 13.0. The smallest absolute Gasteiger partial charge is 0.247 e. The van der Waals surface area contributed by atoms with Gasteiger partial charge in [0.25, 0.3) is 0 Å². The van der Waals surface area contributed by atoms with E-state index in [0.717, 1.165) is 29.3 Å². The molecule has 1 aliphatic rings. The Bertz CT molecular complexity index is 1150. The number of fused-ring (bicyclic) bond motifs is 1. The van der Waals surface area contributed by atoms with Gasteiger partial charge in [-0.15, -0.1) is 0 Å². The number of nitrogens with zero attached hydrogens (tertiary/aromatic N) is 1. The van der Waals surface area contributed by atoms with Crippen LogP contribution in [0.3, 0.4) is 0 Å². The van der Waals surface area contributed by atoms with E-state index in [2.05, 4.69) is 36.7 Å². The van der Waals surface area contributed by atoms with Crippen LogP contribution in [0.5, 0.6) is 0 Å². The molecule has 2 aromatic rings. The highest BCUT2D eigenvalue weighted by molar-refractivity contribution is 6.04. The summed E-state index contributed by atoms with van der Waals surface area (Å²) in [5, 5.41) is 21.8. The summed E-state index contributed by atoms with van der Waals surface area (Å²) < 4.78 is 0. The van der Waals surface area contributed by atoms with Crippen LogP contribution in [-0.2, 0) is 20.8 Å². The summed E-state index contributed by atoms with van der Waals surface area (Å²) in [7, 11) is 0. The van der Waals surface area contributed by atoms with Gasteiger partial charge in [0, 0.05) is 31.5 Å². The molecule has 0 aromatic heterocycles. The molecule has 1 aliphatic heterocycles. The molecule has 0 saturated carbocycles. The van der Waals surface area contributed by atoms with Gasteiger partial charge in [-0.1, -0.05) is 84.0 Å². The molecule has 0 bridgehead atoms. The van der Waals surface area contributed by atoms with Gasteiger partial charge in [-0.05, 0) is 41.1 Å². The van der Waals surface area contributed by atoms with E-state index in [1.807, 2.05) is 42.5 Å². The molecule has 1 fully saturated rings. The number of rotatable bonds is 10. The Morgan fingerprint density at radius 1 is 1.03 bits per heavy atom.